The zero-order valence-corrected chi connectivity index (χ0v) is 10.4. The fourth-order valence-corrected chi connectivity index (χ4v) is 1.25. The number of hydrogen-bond acceptors (Lipinski definition) is 4. The van der Waals surface area contributed by atoms with E-state index in [1.807, 2.05) is 10.9 Å². The molecular formula is C11H19N3O2. The van der Waals surface area contributed by atoms with Gasteiger partial charge in [0, 0.05) is 6.20 Å². The third kappa shape index (κ3) is 2.98. The minimum atomic E-state index is -0.373. The number of hydrogen-bond donors (Lipinski definition) is 1. The average molecular weight is 225 g/mol. The Bertz CT molecular complexity index is 366. The normalized spacial score (nSPS) is 13.3. The number of anilines is 1. The lowest BCUT2D eigenvalue weighted by molar-refractivity contribution is -0.141. The summed E-state index contributed by atoms with van der Waals surface area (Å²) in [6.45, 7) is 7.94. The van der Waals surface area contributed by atoms with Gasteiger partial charge in [-0.15, -0.1) is 0 Å². The Kier molecular flexibility index (Phi) is 3.57. The summed E-state index contributed by atoms with van der Waals surface area (Å²) in [7, 11) is 1.37. The Labute approximate surface area is 95.8 Å². The largest absolute Gasteiger partial charge is 0.467 e. The summed E-state index contributed by atoms with van der Waals surface area (Å²) in [6, 6.07) is -0.373. The molecule has 0 fully saturated rings. The van der Waals surface area contributed by atoms with E-state index in [4.69, 9.17) is 0 Å². The lowest BCUT2D eigenvalue weighted by Gasteiger charge is -2.18. The van der Waals surface area contributed by atoms with E-state index < -0.39 is 0 Å². The van der Waals surface area contributed by atoms with Gasteiger partial charge in [-0.05, 0) is 27.7 Å². The van der Waals surface area contributed by atoms with Gasteiger partial charge in [-0.25, -0.2) is 4.79 Å². The van der Waals surface area contributed by atoms with Gasteiger partial charge >= 0.3 is 5.97 Å². The molecule has 0 spiro atoms. The lowest BCUT2D eigenvalue weighted by atomic mass is 10.1. The third-order valence-electron chi connectivity index (χ3n) is 2.21. The van der Waals surface area contributed by atoms with Crippen LogP contribution in [0.5, 0.6) is 0 Å². The molecule has 0 saturated heterocycles. The minimum Gasteiger partial charge on any atom is -0.467 e. The zero-order chi connectivity index (χ0) is 12.3. The fourth-order valence-electron chi connectivity index (χ4n) is 1.25. The number of methoxy groups -OCH3 is 1. The maximum Gasteiger partial charge on any atom is 0.327 e. The van der Waals surface area contributed by atoms with E-state index in [1.165, 1.54) is 7.11 Å². The van der Waals surface area contributed by atoms with Crippen LogP contribution in [0.4, 0.5) is 5.69 Å². The van der Waals surface area contributed by atoms with Gasteiger partial charge in [-0.2, -0.15) is 5.10 Å². The van der Waals surface area contributed by atoms with Gasteiger partial charge in [0.1, 0.15) is 6.04 Å². The molecule has 1 heterocycles. The quantitative estimate of drug-likeness (QED) is 0.794. The van der Waals surface area contributed by atoms with Crippen LogP contribution in [0.25, 0.3) is 0 Å². The van der Waals surface area contributed by atoms with Crippen LogP contribution in [0.15, 0.2) is 12.4 Å². The Morgan fingerprint density at radius 3 is 2.62 bits per heavy atom. The molecule has 0 radical (unpaired) electrons. The Hall–Kier alpha value is -1.52. The lowest BCUT2D eigenvalue weighted by Crippen LogP contribution is -2.27. The molecule has 0 aromatic carbocycles. The van der Waals surface area contributed by atoms with Crippen molar-refractivity contribution in [3.8, 4) is 0 Å². The third-order valence-corrected chi connectivity index (χ3v) is 2.21. The number of ether oxygens (including phenoxy) is 1. The summed E-state index contributed by atoms with van der Waals surface area (Å²) in [6.07, 6.45) is 3.57. The molecule has 0 amide bonds. The molecule has 1 unspecified atom stereocenters. The standard InChI is InChI=1S/C11H19N3O2/c1-8(10(15)16-5)13-9-6-12-14(7-9)11(2,3)4/h6-8,13H,1-5H3. The van der Waals surface area contributed by atoms with Gasteiger partial charge < -0.3 is 10.1 Å². The predicted molar refractivity (Wildman–Crippen MR) is 62.3 cm³/mol. The van der Waals surface area contributed by atoms with Crippen molar-refractivity contribution in [3.63, 3.8) is 0 Å². The second-order valence-electron chi connectivity index (χ2n) is 4.73. The van der Waals surface area contributed by atoms with E-state index in [0.29, 0.717) is 0 Å². The van der Waals surface area contributed by atoms with Crippen LogP contribution in [-0.2, 0) is 15.1 Å². The number of nitrogens with one attached hydrogen (secondary N) is 1. The SMILES string of the molecule is COC(=O)C(C)Nc1cnn(C(C)(C)C)c1. The molecular weight excluding hydrogens is 206 g/mol. The van der Waals surface area contributed by atoms with Gasteiger partial charge in [-0.1, -0.05) is 0 Å². The number of nitrogens with zero attached hydrogens (tertiary/aromatic N) is 2. The summed E-state index contributed by atoms with van der Waals surface area (Å²) >= 11 is 0. The first-order valence-electron chi connectivity index (χ1n) is 5.24. The van der Waals surface area contributed by atoms with Gasteiger partial charge in [0.05, 0.1) is 24.5 Å². The molecule has 0 saturated carbocycles. The average Bonchev–Trinajstić information content (AvgIpc) is 2.64. The highest BCUT2D eigenvalue weighted by molar-refractivity contribution is 5.78. The van der Waals surface area contributed by atoms with Crippen molar-refractivity contribution in [2.24, 2.45) is 0 Å². The summed E-state index contributed by atoms with van der Waals surface area (Å²) in [5.74, 6) is -0.288. The molecule has 1 atom stereocenters. The maximum absolute atomic E-state index is 11.2. The van der Waals surface area contributed by atoms with Crippen LogP contribution < -0.4 is 5.32 Å². The summed E-state index contributed by atoms with van der Waals surface area (Å²) in [4.78, 5) is 11.2. The molecule has 5 heteroatoms. The van der Waals surface area contributed by atoms with Crippen molar-refractivity contribution in [2.75, 3.05) is 12.4 Å². The number of carbonyl (C=O) groups is 1. The van der Waals surface area contributed by atoms with Crippen LogP contribution in [0.2, 0.25) is 0 Å². The number of carbonyl (C=O) groups excluding carboxylic acids is 1. The Morgan fingerprint density at radius 2 is 2.19 bits per heavy atom. The van der Waals surface area contributed by atoms with E-state index in [9.17, 15) is 4.79 Å². The molecule has 90 valence electrons. The highest BCUT2D eigenvalue weighted by atomic mass is 16.5. The molecule has 5 nitrogen and oxygen atoms in total. The van der Waals surface area contributed by atoms with E-state index in [0.717, 1.165) is 5.69 Å². The second kappa shape index (κ2) is 4.55. The number of esters is 1. The minimum absolute atomic E-state index is 0.0611. The number of rotatable bonds is 3. The molecule has 1 aromatic rings. The van der Waals surface area contributed by atoms with E-state index >= 15 is 0 Å². The van der Waals surface area contributed by atoms with Crippen LogP contribution in [0, 0.1) is 0 Å². The first kappa shape index (κ1) is 12.5. The summed E-state index contributed by atoms with van der Waals surface area (Å²) in [5.41, 5.74) is 0.752. The molecule has 0 aliphatic carbocycles. The van der Waals surface area contributed by atoms with Gasteiger partial charge in [0.25, 0.3) is 0 Å². The van der Waals surface area contributed by atoms with Crippen molar-refractivity contribution in [3.05, 3.63) is 12.4 Å². The first-order chi connectivity index (χ1) is 7.34. The molecule has 1 N–H and O–H groups in total. The maximum atomic E-state index is 11.2. The van der Waals surface area contributed by atoms with E-state index in [2.05, 4.69) is 35.9 Å². The molecule has 0 aliphatic heterocycles. The monoisotopic (exact) mass is 225 g/mol. The van der Waals surface area contributed by atoms with E-state index in [-0.39, 0.29) is 17.6 Å². The Morgan fingerprint density at radius 1 is 1.56 bits per heavy atom. The van der Waals surface area contributed by atoms with Crippen LogP contribution in [0.3, 0.4) is 0 Å². The van der Waals surface area contributed by atoms with Gasteiger partial charge in [0.2, 0.25) is 0 Å². The first-order valence-corrected chi connectivity index (χ1v) is 5.24. The smallest absolute Gasteiger partial charge is 0.327 e. The molecule has 1 aromatic heterocycles. The van der Waals surface area contributed by atoms with Gasteiger partial charge in [-0.3, -0.25) is 4.68 Å². The van der Waals surface area contributed by atoms with Crippen molar-refractivity contribution < 1.29 is 9.53 Å². The van der Waals surface area contributed by atoms with Crippen LogP contribution in [-0.4, -0.2) is 28.9 Å². The molecule has 1 rings (SSSR count). The topological polar surface area (TPSA) is 56.1 Å². The molecule has 16 heavy (non-hydrogen) atoms. The highest BCUT2D eigenvalue weighted by Gasteiger charge is 2.16. The van der Waals surface area contributed by atoms with Crippen molar-refractivity contribution in [1.29, 1.82) is 0 Å². The summed E-state index contributed by atoms with van der Waals surface area (Å²) in [5, 5.41) is 7.25. The van der Waals surface area contributed by atoms with E-state index in [1.54, 1.807) is 13.1 Å². The van der Waals surface area contributed by atoms with Crippen molar-refractivity contribution in [2.45, 2.75) is 39.3 Å². The molecule has 0 aliphatic rings. The fraction of sp³-hybridized carbons (Fsp3) is 0.636. The van der Waals surface area contributed by atoms with Gasteiger partial charge in [0.15, 0.2) is 0 Å². The van der Waals surface area contributed by atoms with Crippen molar-refractivity contribution >= 4 is 11.7 Å². The molecule has 0 bridgehead atoms. The second-order valence-corrected chi connectivity index (χ2v) is 4.73. The van der Waals surface area contributed by atoms with Crippen LogP contribution in [0.1, 0.15) is 27.7 Å². The summed E-state index contributed by atoms with van der Waals surface area (Å²) < 4.78 is 6.48. The number of aromatic nitrogens is 2. The van der Waals surface area contributed by atoms with Crippen LogP contribution >= 0.6 is 0 Å². The zero-order valence-electron chi connectivity index (χ0n) is 10.4. The highest BCUT2D eigenvalue weighted by Crippen LogP contribution is 2.16. The predicted octanol–water partition coefficient (Wildman–Crippen LogP) is 1.61. The Balaban J connectivity index is 2.69. The van der Waals surface area contributed by atoms with Crippen molar-refractivity contribution in [1.82, 2.24) is 9.78 Å².